The van der Waals surface area contributed by atoms with Crippen LogP contribution in [0.2, 0.25) is 0 Å². The Morgan fingerprint density at radius 2 is 2.42 bits per heavy atom. The third-order valence-electron chi connectivity index (χ3n) is 4.65. The molecule has 0 saturated carbocycles. The van der Waals surface area contributed by atoms with E-state index in [4.69, 9.17) is 0 Å². The van der Waals surface area contributed by atoms with Gasteiger partial charge in [0.05, 0.1) is 35.5 Å². The van der Waals surface area contributed by atoms with Crippen molar-refractivity contribution >= 4 is 24.0 Å². The van der Waals surface area contributed by atoms with Crippen LogP contribution in [0.5, 0.6) is 0 Å². The largest absolute Gasteiger partial charge is 0.543 e. The van der Waals surface area contributed by atoms with Crippen LogP contribution in [0.1, 0.15) is 13.8 Å². The van der Waals surface area contributed by atoms with E-state index in [0.717, 1.165) is 13.1 Å². The lowest BCUT2D eigenvalue weighted by atomic mass is 9.89. The third-order valence-corrected chi connectivity index (χ3v) is 6.11. The Hall–Kier alpha value is -1.87. The number of aldehydes is 1. The van der Waals surface area contributed by atoms with Crippen LogP contribution < -0.4 is 15.1 Å². The molecule has 3 heterocycles. The molecule has 2 aliphatic heterocycles. The summed E-state index contributed by atoms with van der Waals surface area (Å²) in [5.41, 5.74) is 0.0321. The van der Waals surface area contributed by atoms with Gasteiger partial charge >= 0.3 is 6.33 Å². The zero-order valence-electron chi connectivity index (χ0n) is 13.5. The second-order valence-electron chi connectivity index (χ2n) is 6.30. The van der Waals surface area contributed by atoms with Crippen molar-refractivity contribution in [1.29, 1.82) is 0 Å². The fraction of sp³-hybridized carbons (Fsp3) is 0.600. The van der Waals surface area contributed by atoms with Gasteiger partial charge in [-0.3, -0.25) is 0 Å². The summed E-state index contributed by atoms with van der Waals surface area (Å²) in [7, 11) is 0. The minimum Gasteiger partial charge on any atom is -0.543 e. The maximum absolute atomic E-state index is 11.5. The van der Waals surface area contributed by atoms with E-state index < -0.39 is 24.0 Å². The van der Waals surface area contributed by atoms with Gasteiger partial charge in [-0.25, -0.2) is 0 Å². The molecule has 3 rings (SSSR count). The molecule has 0 fully saturated rings. The van der Waals surface area contributed by atoms with Crippen LogP contribution in [0, 0.1) is 11.8 Å². The SMILES string of the molecule is C[C@@H](O)[C@@H](C=O)[C@@H]1NC(C(=O)[O-])=C(SC2Cn3cnc[n+]3C2)[C@@H]1C. The molecule has 1 aromatic rings. The topological polar surface area (TPSA) is 111 Å². The van der Waals surface area contributed by atoms with E-state index in [9.17, 15) is 19.8 Å². The first-order valence-electron chi connectivity index (χ1n) is 7.84. The van der Waals surface area contributed by atoms with Crippen molar-refractivity contribution in [2.75, 3.05) is 0 Å². The van der Waals surface area contributed by atoms with E-state index >= 15 is 0 Å². The monoisotopic (exact) mass is 352 g/mol. The van der Waals surface area contributed by atoms with E-state index in [1.54, 1.807) is 12.7 Å². The zero-order valence-corrected chi connectivity index (χ0v) is 14.3. The Labute approximate surface area is 143 Å². The molecule has 2 N–H and O–H groups in total. The maximum atomic E-state index is 11.5. The Morgan fingerprint density at radius 1 is 1.67 bits per heavy atom. The quantitative estimate of drug-likeness (QED) is 0.452. The number of aliphatic hydroxyl groups is 1. The molecule has 0 amide bonds. The van der Waals surface area contributed by atoms with Crippen LogP contribution in [0.4, 0.5) is 0 Å². The number of nitrogens with zero attached hydrogens (tertiary/aromatic N) is 3. The van der Waals surface area contributed by atoms with Crippen LogP contribution in [-0.2, 0) is 22.7 Å². The first kappa shape index (κ1) is 17.0. The highest BCUT2D eigenvalue weighted by molar-refractivity contribution is 8.03. The second-order valence-corrected chi connectivity index (χ2v) is 7.65. The number of nitrogens with one attached hydrogen (secondary N) is 1. The zero-order chi connectivity index (χ0) is 17.4. The minimum absolute atomic E-state index is 0.0321. The molecule has 0 aliphatic carbocycles. The van der Waals surface area contributed by atoms with Crippen LogP contribution >= 0.6 is 11.8 Å². The molecule has 8 nitrogen and oxygen atoms in total. The van der Waals surface area contributed by atoms with Crippen molar-refractivity contribution in [2.45, 2.75) is 44.3 Å². The standard InChI is InChI=1S/C15H20N4O4S/c1-8-12(11(5-20)9(2)21)17-13(15(22)23)14(8)24-10-3-18-6-16-7-19(18)4-10/h5-12,17,21H,3-4H2,1-2H3/t8-,9-,11-,12-/m1/s1. The summed E-state index contributed by atoms with van der Waals surface area (Å²) in [6, 6.07) is -0.451. The summed E-state index contributed by atoms with van der Waals surface area (Å²) >= 11 is 1.49. The van der Waals surface area contributed by atoms with E-state index in [2.05, 4.69) is 10.3 Å². The van der Waals surface area contributed by atoms with Gasteiger partial charge in [0.15, 0.2) is 0 Å². The summed E-state index contributed by atoms with van der Waals surface area (Å²) in [4.78, 5) is 27.6. The Balaban J connectivity index is 1.78. The molecule has 0 aromatic carbocycles. The fourth-order valence-electron chi connectivity index (χ4n) is 3.36. The molecule has 0 radical (unpaired) electrons. The van der Waals surface area contributed by atoms with E-state index in [0.29, 0.717) is 11.2 Å². The van der Waals surface area contributed by atoms with Gasteiger partial charge in [-0.15, -0.1) is 11.8 Å². The van der Waals surface area contributed by atoms with E-state index in [-0.39, 0.29) is 16.9 Å². The number of thioether (sulfide) groups is 1. The molecule has 0 saturated heterocycles. The maximum Gasteiger partial charge on any atom is 0.306 e. The normalized spacial score (nSPS) is 28.4. The molecule has 0 unspecified atom stereocenters. The van der Waals surface area contributed by atoms with Gasteiger partial charge in [-0.05, 0) is 11.9 Å². The highest BCUT2D eigenvalue weighted by atomic mass is 32.2. The number of hydrogen-bond acceptors (Lipinski definition) is 7. The number of carbonyl (C=O) groups excluding carboxylic acids is 2. The second kappa shape index (κ2) is 6.56. The number of carbonyl (C=O) groups is 2. The smallest absolute Gasteiger partial charge is 0.306 e. The number of carboxylic acid groups (broad SMARTS) is 1. The van der Waals surface area contributed by atoms with Crippen LogP contribution in [0.3, 0.4) is 0 Å². The molecular weight excluding hydrogens is 332 g/mol. The van der Waals surface area contributed by atoms with Gasteiger partial charge in [0.25, 0.3) is 0 Å². The molecule has 2 aliphatic rings. The van der Waals surface area contributed by atoms with Crippen molar-refractivity contribution in [1.82, 2.24) is 15.0 Å². The summed E-state index contributed by atoms with van der Waals surface area (Å²) in [5, 5.41) is 24.4. The summed E-state index contributed by atoms with van der Waals surface area (Å²) in [6.45, 7) is 4.88. The van der Waals surface area contributed by atoms with E-state index in [1.165, 1.54) is 18.7 Å². The number of aliphatic hydroxyl groups excluding tert-OH is 1. The molecule has 0 spiro atoms. The lowest BCUT2D eigenvalue weighted by molar-refractivity contribution is -0.758. The van der Waals surface area contributed by atoms with Gasteiger partial charge in [0.2, 0.25) is 6.33 Å². The van der Waals surface area contributed by atoms with Gasteiger partial charge in [-0.1, -0.05) is 6.92 Å². The first-order chi connectivity index (χ1) is 11.4. The molecule has 4 atom stereocenters. The molecular formula is C15H20N4O4S. The predicted molar refractivity (Wildman–Crippen MR) is 83.2 cm³/mol. The first-order valence-corrected chi connectivity index (χ1v) is 8.72. The Kier molecular flexibility index (Phi) is 4.64. The van der Waals surface area contributed by atoms with Crippen molar-refractivity contribution in [3.63, 3.8) is 0 Å². The number of rotatable bonds is 6. The fourth-order valence-corrected chi connectivity index (χ4v) is 4.79. The highest BCUT2D eigenvalue weighted by Crippen LogP contribution is 2.40. The van der Waals surface area contributed by atoms with Crippen LogP contribution in [0.25, 0.3) is 0 Å². The van der Waals surface area contributed by atoms with Crippen molar-refractivity contribution < 1.29 is 24.5 Å². The number of hydrogen-bond donors (Lipinski definition) is 2. The van der Waals surface area contributed by atoms with Gasteiger partial charge in [0, 0.05) is 16.9 Å². The van der Waals surface area contributed by atoms with Crippen LogP contribution in [-0.4, -0.2) is 44.4 Å². The summed E-state index contributed by atoms with van der Waals surface area (Å²) in [5.74, 6) is -2.16. The third kappa shape index (κ3) is 2.93. The Morgan fingerprint density at radius 3 is 3.00 bits per heavy atom. The number of aliphatic carboxylic acids is 1. The minimum atomic E-state index is -1.28. The van der Waals surface area contributed by atoms with Gasteiger partial charge in [0.1, 0.15) is 12.8 Å². The predicted octanol–water partition coefficient (Wildman–Crippen LogP) is -1.95. The van der Waals surface area contributed by atoms with Crippen molar-refractivity contribution in [2.24, 2.45) is 11.8 Å². The molecule has 1 aromatic heterocycles. The number of aromatic nitrogens is 3. The van der Waals surface area contributed by atoms with Gasteiger partial charge < -0.3 is 25.1 Å². The van der Waals surface area contributed by atoms with Crippen molar-refractivity contribution in [3.05, 3.63) is 23.3 Å². The average Bonchev–Trinajstić information content (AvgIpc) is 3.16. The lowest BCUT2D eigenvalue weighted by Crippen LogP contribution is -2.44. The molecule has 0 bridgehead atoms. The van der Waals surface area contributed by atoms with Crippen molar-refractivity contribution in [3.8, 4) is 0 Å². The van der Waals surface area contributed by atoms with E-state index in [1.807, 2.05) is 16.3 Å². The molecule has 130 valence electrons. The molecule has 24 heavy (non-hydrogen) atoms. The molecule has 9 heteroatoms. The average molecular weight is 352 g/mol. The van der Waals surface area contributed by atoms with Gasteiger partial charge in [-0.2, -0.15) is 9.36 Å². The highest BCUT2D eigenvalue weighted by Gasteiger charge is 2.40. The number of carboxylic acids is 1. The lowest BCUT2D eigenvalue weighted by Gasteiger charge is -2.26. The van der Waals surface area contributed by atoms with Crippen LogP contribution in [0.15, 0.2) is 23.3 Å². The summed E-state index contributed by atoms with van der Waals surface area (Å²) in [6.07, 6.45) is 3.30. The number of fused-ring (bicyclic) bond motifs is 1. The summed E-state index contributed by atoms with van der Waals surface area (Å²) < 4.78 is 3.96. The Bertz CT molecular complexity index is 666.